The van der Waals surface area contributed by atoms with Crippen LogP contribution in [-0.2, 0) is 9.59 Å². The quantitative estimate of drug-likeness (QED) is 0.739. The molecule has 2 unspecified atom stereocenters. The van der Waals surface area contributed by atoms with Crippen molar-refractivity contribution in [3.63, 3.8) is 0 Å². The number of carboxylic acids is 1. The van der Waals surface area contributed by atoms with E-state index in [1.54, 1.807) is 16.7 Å². The predicted molar refractivity (Wildman–Crippen MR) is 69.2 cm³/mol. The molecule has 98 valence electrons. The topological polar surface area (TPSA) is 57.6 Å². The van der Waals surface area contributed by atoms with Crippen LogP contribution in [0.25, 0.3) is 0 Å². The lowest BCUT2D eigenvalue weighted by Crippen LogP contribution is -2.38. The van der Waals surface area contributed by atoms with Crippen molar-refractivity contribution in [1.82, 2.24) is 4.90 Å². The van der Waals surface area contributed by atoms with Crippen LogP contribution in [0.4, 0.5) is 0 Å². The van der Waals surface area contributed by atoms with Gasteiger partial charge in [0.25, 0.3) is 0 Å². The fraction of sp³-hybridized carbons (Fsp3) is 0.833. The molecule has 1 aliphatic heterocycles. The second-order valence-electron chi connectivity index (χ2n) is 4.47. The summed E-state index contributed by atoms with van der Waals surface area (Å²) in [4.78, 5) is 24.6. The molecule has 1 N–H and O–H groups in total. The summed E-state index contributed by atoms with van der Waals surface area (Å²) >= 11 is 1.65. The highest BCUT2D eigenvalue weighted by Crippen LogP contribution is 2.25. The number of rotatable bonds is 6. The summed E-state index contributed by atoms with van der Waals surface area (Å²) in [6, 6.07) is -0.160. The normalized spacial score (nSPS) is 24.0. The Hall–Kier alpha value is -0.710. The Kier molecular flexibility index (Phi) is 5.82. The van der Waals surface area contributed by atoms with Crippen molar-refractivity contribution in [2.45, 2.75) is 39.2 Å². The van der Waals surface area contributed by atoms with Crippen molar-refractivity contribution >= 4 is 23.6 Å². The van der Waals surface area contributed by atoms with Gasteiger partial charge in [-0.05, 0) is 25.5 Å². The van der Waals surface area contributed by atoms with Crippen molar-refractivity contribution in [3.8, 4) is 0 Å². The zero-order valence-corrected chi connectivity index (χ0v) is 11.3. The first-order valence-corrected chi connectivity index (χ1v) is 7.33. The van der Waals surface area contributed by atoms with Crippen LogP contribution in [0.15, 0.2) is 0 Å². The van der Waals surface area contributed by atoms with E-state index in [-0.39, 0.29) is 17.9 Å². The number of likely N-dealkylation sites (tertiary alicyclic amines) is 1. The fourth-order valence-electron chi connectivity index (χ4n) is 2.11. The molecule has 1 aliphatic rings. The van der Waals surface area contributed by atoms with Crippen molar-refractivity contribution < 1.29 is 14.7 Å². The van der Waals surface area contributed by atoms with Gasteiger partial charge in [-0.1, -0.05) is 13.3 Å². The Morgan fingerprint density at radius 3 is 2.71 bits per heavy atom. The van der Waals surface area contributed by atoms with Gasteiger partial charge >= 0.3 is 5.97 Å². The molecule has 0 spiro atoms. The van der Waals surface area contributed by atoms with Crippen LogP contribution < -0.4 is 0 Å². The molecule has 0 aromatic heterocycles. The Bertz CT molecular complexity index is 283. The van der Waals surface area contributed by atoms with Crippen molar-refractivity contribution in [2.24, 2.45) is 5.92 Å². The molecule has 5 heteroatoms. The largest absolute Gasteiger partial charge is 0.481 e. The molecule has 0 aromatic carbocycles. The number of nitrogens with zero attached hydrogens (tertiary/aromatic N) is 1. The van der Waals surface area contributed by atoms with Gasteiger partial charge in [0.05, 0.1) is 11.7 Å². The van der Waals surface area contributed by atoms with Crippen molar-refractivity contribution in [2.75, 3.05) is 18.1 Å². The summed E-state index contributed by atoms with van der Waals surface area (Å²) in [6.45, 7) is 4.55. The summed E-state index contributed by atoms with van der Waals surface area (Å²) in [5, 5.41) is 8.99. The average Bonchev–Trinajstić information content (AvgIpc) is 2.66. The van der Waals surface area contributed by atoms with Crippen LogP contribution >= 0.6 is 11.8 Å². The number of hydrogen-bond donors (Lipinski definition) is 1. The van der Waals surface area contributed by atoms with Gasteiger partial charge in [-0.3, -0.25) is 9.59 Å². The molecule has 1 amide bonds. The maximum atomic E-state index is 11.9. The van der Waals surface area contributed by atoms with Crippen LogP contribution in [0.2, 0.25) is 0 Å². The standard InChI is InChI=1S/C12H21NO3S/c1-3-4-7-17-8-11(14)13-6-5-10(9(13)2)12(15)16/h9-10H,3-8H2,1-2H3,(H,15,16). The van der Waals surface area contributed by atoms with Crippen molar-refractivity contribution in [1.29, 1.82) is 0 Å². The lowest BCUT2D eigenvalue weighted by molar-refractivity contribution is -0.142. The molecular weight excluding hydrogens is 238 g/mol. The molecule has 4 nitrogen and oxygen atoms in total. The maximum Gasteiger partial charge on any atom is 0.308 e. The number of carbonyl (C=O) groups excluding carboxylic acids is 1. The molecular formula is C12H21NO3S. The lowest BCUT2D eigenvalue weighted by atomic mass is 10.0. The first-order chi connectivity index (χ1) is 8.07. The molecule has 0 radical (unpaired) electrons. The van der Waals surface area contributed by atoms with Gasteiger partial charge in [-0.15, -0.1) is 0 Å². The third-order valence-corrected chi connectivity index (χ3v) is 4.29. The zero-order chi connectivity index (χ0) is 12.8. The number of thioether (sulfide) groups is 1. The lowest BCUT2D eigenvalue weighted by Gasteiger charge is -2.23. The highest BCUT2D eigenvalue weighted by Gasteiger charge is 2.37. The number of amides is 1. The maximum absolute atomic E-state index is 11.9. The van der Waals surface area contributed by atoms with E-state index in [4.69, 9.17) is 5.11 Å². The summed E-state index contributed by atoms with van der Waals surface area (Å²) in [5.41, 5.74) is 0. The van der Waals surface area contributed by atoms with Gasteiger partial charge in [0.1, 0.15) is 0 Å². The van der Waals surface area contributed by atoms with Gasteiger partial charge in [0.15, 0.2) is 0 Å². The number of carbonyl (C=O) groups is 2. The summed E-state index contributed by atoms with van der Waals surface area (Å²) in [7, 11) is 0. The average molecular weight is 259 g/mol. The molecule has 17 heavy (non-hydrogen) atoms. The highest BCUT2D eigenvalue weighted by atomic mass is 32.2. The van der Waals surface area contributed by atoms with E-state index in [0.29, 0.717) is 18.7 Å². The number of hydrogen-bond acceptors (Lipinski definition) is 3. The second kappa shape index (κ2) is 6.89. The van der Waals surface area contributed by atoms with E-state index in [1.165, 1.54) is 0 Å². The molecule has 1 fully saturated rings. The van der Waals surface area contributed by atoms with E-state index in [2.05, 4.69) is 6.92 Å². The third kappa shape index (κ3) is 3.91. The summed E-state index contributed by atoms with van der Waals surface area (Å²) < 4.78 is 0. The van der Waals surface area contributed by atoms with Crippen LogP contribution in [0.3, 0.4) is 0 Å². The van der Waals surface area contributed by atoms with E-state index in [0.717, 1.165) is 18.6 Å². The Labute approximate surface area is 107 Å². The predicted octanol–water partition coefficient (Wildman–Crippen LogP) is 1.84. The van der Waals surface area contributed by atoms with E-state index in [1.807, 2.05) is 6.92 Å². The van der Waals surface area contributed by atoms with Crippen LogP contribution in [0, 0.1) is 5.92 Å². The Morgan fingerprint density at radius 2 is 2.18 bits per heavy atom. The van der Waals surface area contributed by atoms with Crippen LogP contribution in [0.5, 0.6) is 0 Å². The zero-order valence-electron chi connectivity index (χ0n) is 10.5. The van der Waals surface area contributed by atoms with Crippen LogP contribution in [-0.4, -0.2) is 46.0 Å². The minimum Gasteiger partial charge on any atom is -0.481 e. The first kappa shape index (κ1) is 14.4. The van der Waals surface area contributed by atoms with Gasteiger partial charge in [0, 0.05) is 12.6 Å². The van der Waals surface area contributed by atoms with E-state index >= 15 is 0 Å². The molecule has 2 atom stereocenters. The van der Waals surface area contributed by atoms with Crippen LogP contribution in [0.1, 0.15) is 33.1 Å². The minimum atomic E-state index is -0.786. The molecule has 1 saturated heterocycles. The molecule has 0 aliphatic carbocycles. The fourth-order valence-corrected chi connectivity index (χ4v) is 3.09. The van der Waals surface area contributed by atoms with Gasteiger partial charge in [0.2, 0.25) is 5.91 Å². The van der Waals surface area contributed by atoms with Crippen molar-refractivity contribution in [3.05, 3.63) is 0 Å². The van der Waals surface area contributed by atoms with Gasteiger partial charge in [-0.25, -0.2) is 0 Å². The SMILES string of the molecule is CCCCSCC(=O)N1CCC(C(=O)O)C1C. The smallest absolute Gasteiger partial charge is 0.308 e. The Balaban J connectivity index is 2.35. The Morgan fingerprint density at radius 1 is 1.47 bits per heavy atom. The highest BCUT2D eigenvalue weighted by molar-refractivity contribution is 7.99. The number of aliphatic carboxylic acids is 1. The molecule has 1 rings (SSSR count). The summed E-state index contributed by atoms with van der Waals surface area (Å²) in [5.74, 6) is 0.400. The number of carboxylic acid groups (broad SMARTS) is 1. The monoisotopic (exact) mass is 259 g/mol. The van der Waals surface area contributed by atoms with Gasteiger partial charge in [-0.2, -0.15) is 11.8 Å². The molecule has 0 bridgehead atoms. The first-order valence-electron chi connectivity index (χ1n) is 6.18. The van der Waals surface area contributed by atoms with Gasteiger partial charge < -0.3 is 10.0 Å². The molecule has 0 aromatic rings. The molecule has 0 saturated carbocycles. The second-order valence-corrected chi connectivity index (χ2v) is 5.57. The van der Waals surface area contributed by atoms with E-state index < -0.39 is 5.97 Å². The van der Waals surface area contributed by atoms with E-state index in [9.17, 15) is 9.59 Å². The number of unbranched alkanes of at least 4 members (excludes halogenated alkanes) is 1. The third-order valence-electron chi connectivity index (χ3n) is 3.26. The summed E-state index contributed by atoms with van der Waals surface area (Å²) in [6.07, 6.45) is 2.86. The molecule has 1 heterocycles. The minimum absolute atomic E-state index is 0.0855.